The van der Waals surface area contributed by atoms with Gasteiger partial charge in [-0.15, -0.1) is 0 Å². The smallest absolute Gasteiger partial charge is 0.227 e. The molecule has 23 heavy (non-hydrogen) atoms. The Morgan fingerprint density at radius 2 is 2.13 bits per heavy atom. The molecule has 1 amide bonds. The van der Waals surface area contributed by atoms with Crippen molar-refractivity contribution < 1.29 is 13.9 Å². The van der Waals surface area contributed by atoms with Gasteiger partial charge in [0.2, 0.25) is 5.91 Å². The van der Waals surface area contributed by atoms with Gasteiger partial charge in [0, 0.05) is 18.7 Å². The van der Waals surface area contributed by atoms with E-state index in [0.717, 1.165) is 5.52 Å². The van der Waals surface area contributed by atoms with Crippen molar-refractivity contribution in [1.82, 2.24) is 4.98 Å². The lowest BCUT2D eigenvalue weighted by molar-refractivity contribution is -0.116. The van der Waals surface area contributed by atoms with Crippen LogP contribution >= 0.6 is 11.6 Å². The highest BCUT2D eigenvalue weighted by atomic mass is 35.5. The minimum Gasteiger partial charge on any atom is -0.491 e. The maximum absolute atomic E-state index is 12.0. The number of hydrogen-bond acceptors (Lipinski definition) is 4. The summed E-state index contributed by atoms with van der Waals surface area (Å²) in [7, 11) is 0. The Labute approximate surface area is 138 Å². The third kappa shape index (κ3) is 3.81. The zero-order chi connectivity index (χ0) is 16.2. The largest absolute Gasteiger partial charge is 0.491 e. The van der Waals surface area contributed by atoms with Crippen LogP contribution in [-0.2, 0) is 4.79 Å². The van der Waals surface area contributed by atoms with Gasteiger partial charge in [0.05, 0.1) is 18.1 Å². The Balaban J connectivity index is 1.55. The first-order valence-corrected chi connectivity index (χ1v) is 7.54. The lowest BCUT2D eigenvalue weighted by Gasteiger charge is -2.08. The van der Waals surface area contributed by atoms with E-state index < -0.39 is 0 Å². The van der Waals surface area contributed by atoms with Crippen molar-refractivity contribution in [3.63, 3.8) is 0 Å². The van der Waals surface area contributed by atoms with Crippen LogP contribution in [0.4, 0.5) is 5.69 Å². The van der Waals surface area contributed by atoms with Crippen molar-refractivity contribution in [1.29, 1.82) is 0 Å². The molecule has 3 rings (SSSR count). The Morgan fingerprint density at radius 3 is 2.96 bits per heavy atom. The maximum Gasteiger partial charge on any atom is 0.227 e. The number of benzene rings is 2. The Morgan fingerprint density at radius 1 is 1.30 bits per heavy atom. The fraction of sp³-hybridized carbons (Fsp3) is 0.176. The first kappa shape index (κ1) is 15.4. The molecule has 0 aliphatic rings. The van der Waals surface area contributed by atoms with E-state index in [9.17, 15) is 4.79 Å². The first-order chi connectivity index (χ1) is 11.1. The second-order valence-corrected chi connectivity index (χ2v) is 5.40. The highest BCUT2D eigenvalue weighted by Crippen LogP contribution is 2.23. The van der Waals surface area contributed by atoms with E-state index in [-0.39, 0.29) is 18.9 Å². The van der Waals surface area contributed by atoms with E-state index in [1.807, 2.05) is 18.2 Å². The molecule has 0 unspecified atom stereocenters. The monoisotopic (exact) mass is 330 g/mol. The molecule has 3 aromatic rings. The molecule has 5 nitrogen and oxygen atoms in total. The van der Waals surface area contributed by atoms with Crippen molar-refractivity contribution in [2.45, 2.75) is 13.3 Å². The van der Waals surface area contributed by atoms with Gasteiger partial charge < -0.3 is 14.5 Å². The van der Waals surface area contributed by atoms with E-state index in [1.54, 1.807) is 31.2 Å². The van der Waals surface area contributed by atoms with Crippen molar-refractivity contribution in [3.05, 3.63) is 53.4 Å². The summed E-state index contributed by atoms with van der Waals surface area (Å²) in [4.78, 5) is 16.2. The van der Waals surface area contributed by atoms with Crippen molar-refractivity contribution in [2.24, 2.45) is 0 Å². The number of amides is 1. The van der Waals surface area contributed by atoms with Gasteiger partial charge in [-0.1, -0.05) is 23.7 Å². The summed E-state index contributed by atoms with van der Waals surface area (Å²) >= 11 is 5.98. The van der Waals surface area contributed by atoms with Crippen LogP contribution in [0.15, 0.2) is 46.9 Å². The highest BCUT2D eigenvalue weighted by molar-refractivity contribution is 6.32. The number of nitrogens with zero attached hydrogens (tertiary/aromatic N) is 1. The lowest BCUT2D eigenvalue weighted by Crippen LogP contribution is -2.15. The molecule has 0 atom stereocenters. The SMILES string of the molecule is Cc1nc2ccc(NC(=O)CCOc3ccccc3Cl)cc2o1. The molecule has 0 fully saturated rings. The summed E-state index contributed by atoms with van der Waals surface area (Å²) in [5, 5.41) is 3.33. The van der Waals surface area contributed by atoms with Crippen LogP contribution in [0, 0.1) is 6.92 Å². The zero-order valence-electron chi connectivity index (χ0n) is 12.5. The zero-order valence-corrected chi connectivity index (χ0v) is 13.3. The number of aryl methyl sites for hydroxylation is 1. The molecule has 0 spiro atoms. The number of carbonyl (C=O) groups is 1. The fourth-order valence-corrected chi connectivity index (χ4v) is 2.35. The van der Waals surface area contributed by atoms with Gasteiger partial charge in [-0.3, -0.25) is 4.79 Å². The first-order valence-electron chi connectivity index (χ1n) is 7.16. The van der Waals surface area contributed by atoms with E-state index in [0.29, 0.717) is 27.9 Å². The number of carbonyl (C=O) groups excluding carboxylic acids is 1. The summed E-state index contributed by atoms with van der Waals surface area (Å²) in [6.07, 6.45) is 0.221. The van der Waals surface area contributed by atoms with Gasteiger partial charge >= 0.3 is 0 Å². The highest BCUT2D eigenvalue weighted by Gasteiger charge is 2.07. The molecule has 0 aliphatic heterocycles. The fourth-order valence-electron chi connectivity index (χ4n) is 2.16. The molecule has 0 radical (unpaired) electrons. The van der Waals surface area contributed by atoms with Crippen LogP contribution in [0.5, 0.6) is 5.75 Å². The molecule has 1 heterocycles. The third-order valence-electron chi connectivity index (χ3n) is 3.20. The second-order valence-electron chi connectivity index (χ2n) is 4.99. The maximum atomic E-state index is 12.0. The van der Waals surface area contributed by atoms with E-state index in [1.165, 1.54) is 0 Å². The minimum atomic E-state index is -0.146. The number of hydrogen-bond donors (Lipinski definition) is 1. The Hall–Kier alpha value is -2.53. The average molecular weight is 331 g/mol. The number of ether oxygens (including phenoxy) is 1. The summed E-state index contributed by atoms with van der Waals surface area (Å²) < 4.78 is 10.9. The lowest BCUT2D eigenvalue weighted by atomic mass is 10.3. The molecular weight excluding hydrogens is 316 g/mol. The molecule has 1 aromatic heterocycles. The molecule has 0 saturated carbocycles. The van der Waals surface area contributed by atoms with Crippen molar-refractivity contribution >= 4 is 34.3 Å². The number of aromatic nitrogens is 1. The Bertz CT molecular complexity index is 845. The minimum absolute atomic E-state index is 0.146. The molecule has 0 saturated heterocycles. The number of para-hydroxylation sites is 1. The van der Waals surface area contributed by atoms with Crippen LogP contribution in [0.2, 0.25) is 5.02 Å². The molecule has 0 bridgehead atoms. The average Bonchev–Trinajstić information content (AvgIpc) is 2.88. The third-order valence-corrected chi connectivity index (χ3v) is 3.51. The summed E-state index contributed by atoms with van der Waals surface area (Å²) in [6.45, 7) is 2.03. The number of rotatable bonds is 5. The van der Waals surface area contributed by atoms with Gasteiger partial charge in [-0.05, 0) is 24.3 Å². The second kappa shape index (κ2) is 6.71. The normalized spacial score (nSPS) is 10.7. The van der Waals surface area contributed by atoms with E-state index >= 15 is 0 Å². The van der Waals surface area contributed by atoms with E-state index in [2.05, 4.69) is 10.3 Å². The van der Waals surface area contributed by atoms with Gasteiger partial charge in [-0.2, -0.15) is 0 Å². The standard InChI is InChI=1S/C17H15ClN2O3/c1-11-19-14-7-6-12(10-16(14)23-11)20-17(21)8-9-22-15-5-3-2-4-13(15)18/h2-7,10H,8-9H2,1H3,(H,20,21). The van der Waals surface area contributed by atoms with Crippen LogP contribution < -0.4 is 10.1 Å². The molecule has 6 heteroatoms. The number of halogens is 1. The van der Waals surface area contributed by atoms with Crippen LogP contribution in [0.25, 0.3) is 11.1 Å². The molecule has 1 N–H and O–H groups in total. The number of oxazole rings is 1. The predicted octanol–water partition coefficient (Wildman–Crippen LogP) is 4.20. The number of fused-ring (bicyclic) bond motifs is 1. The van der Waals surface area contributed by atoms with Crippen molar-refractivity contribution in [2.75, 3.05) is 11.9 Å². The molecule has 2 aromatic carbocycles. The molecule has 0 aliphatic carbocycles. The van der Waals surface area contributed by atoms with Gasteiger partial charge in [0.1, 0.15) is 11.3 Å². The van der Waals surface area contributed by atoms with Crippen molar-refractivity contribution in [3.8, 4) is 5.75 Å². The van der Waals surface area contributed by atoms with Crippen LogP contribution in [0.1, 0.15) is 12.3 Å². The summed E-state index contributed by atoms with van der Waals surface area (Å²) in [5.41, 5.74) is 2.08. The van der Waals surface area contributed by atoms with Gasteiger partial charge in [0.25, 0.3) is 0 Å². The van der Waals surface area contributed by atoms with Crippen LogP contribution in [0.3, 0.4) is 0 Å². The number of anilines is 1. The molecule has 118 valence electrons. The summed E-state index contributed by atoms with van der Waals surface area (Å²) in [5.74, 6) is 1.02. The van der Waals surface area contributed by atoms with Crippen LogP contribution in [-0.4, -0.2) is 17.5 Å². The quantitative estimate of drug-likeness (QED) is 0.761. The van der Waals surface area contributed by atoms with Gasteiger partial charge in [0.15, 0.2) is 11.5 Å². The molecular formula is C17H15ClN2O3. The topological polar surface area (TPSA) is 64.4 Å². The van der Waals surface area contributed by atoms with Gasteiger partial charge in [-0.25, -0.2) is 4.98 Å². The number of nitrogens with one attached hydrogen (secondary N) is 1. The summed E-state index contributed by atoms with van der Waals surface area (Å²) in [6, 6.07) is 12.5. The van der Waals surface area contributed by atoms with E-state index in [4.69, 9.17) is 20.8 Å². The predicted molar refractivity (Wildman–Crippen MR) is 88.9 cm³/mol. The Kier molecular flexibility index (Phi) is 4.48.